The van der Waals surface area contributed by atoms with E-state index in [0.29, 0.717) is 12.1 Å². The van der Waals surface area contributed by atoms with Gasteiger partial charge in [-0.1, -0.05) is 54.1 Å². The quantitative estimate of drug-likeness (QED) is 0.898. The summed E-state index contributed by atoms with van der Waals surface area (Å²) in [6, 6.07) is 19.6. The number of halogens is 1. The lowest BCUT2D eigenvalue weighted by Crippen LogP contribution is -2.33. The van der Waals surface area contributed by atoms with Crippen molar-refractivity contribution in [2.75, 3.05) is 6.54 Å². The maximum Gasteiger partial charge on any atom is 0.0476 e. The van der Waals surface area contributed by atoms with Crippen molar-refractivity contribution >= 4 is 11.6 Å². The van der Waals surface area contributed by atoms with Crippen LogP contribution in [0.3, 0.4) is 0 Å². The molecule has 0 spiro atoms. The van der Waals surface area contributed by atoms with Gasteiger partial charge in [0.15, 0.2) is 0 Å². The number of hydrogen-bond acceptors (Lipinski definition) is 2. The maximum atomic E-state index is 6.02. The number of rotatable bonds is 4. The highest BCUT2D eigenvalue weighted by atomic mass is 35.5. The molecular weight excluding hydrogens is 268 g/mol. The monoisotopic (exact) mass is 286 g/mol. The SMILES string of the molecule is Clc1cccc(CN[C@@H]2CCN[C@@H]2c2ccccc2)c1. The van der Waals surface area contributed by atoms with Crippen LogP contribution in [0.1, 0.15) is 23.6 Å². The Hall–Kier alpha value is -1.35. The van der Waals surface area contributed by atoms with Crippen molar-refractivity contribution in [3.8, 4) is 0 Å². The highest BCUT2D eigenvalue weighted by Gasteiger charge is 2.27. The van der Waals surface area contributed by atoms with Crippen molar-refractivity contribution in [1.29, 1.82) is 0 Å². The molecule has 1 heterocycles. The van der Waals surface area contributed by atoms with Crippen molar-refractivity contribution in [2.24, 2.45) is 0 Å². The van der Waals surface area contributed by atoms with E-state index in [2.05, 4.69) is 47.0 Å². The van der Waals surface area contributed by atoms with Crippen molar-refractivity contribution < 1.29 is 0 Å². The van der Waals surface area contributed by atoms with Crippen molar-refractivity contribution in [3.05, 3.63) is 70.7 Å². The van der Waals surface area contributed by atoms with Crippen LogP contribution in [0.4, 0.5) is 0 Å². The van der Waals surface area contributed by atoms with Crippen LogP contribution in [-0.2, 0) is 6.54 Å². The molecule has 2 atom stereocenters. The average Bonchev–Trinajstić information content (AvgIpc) is 2.95. The smallest absolute Gasteiger partial charge is 0.0476 e. The van der Waals surface area contributed by atoms with Gasteiger partial charge >= 0.3 is 0 Å². The number of nitrogens with one attached hydrogen (secondary N) is 2. The fourth-order valence-electron chi connectivity index (χ4n) is 2.83. The van der Waals surface area contributed by atoms with Gasteiger partial charge in [-0.25, -0.2) is 0 Å². The molecule has 0 amide bonds. The van der Waals surface area contributed by atoms with Crippen molar-refractivity contribution in [2.45, 2.75) is 25.0 Å². The summed E-state index contributed by atoms with van der Waals surface area (Å²) < 4.78 is 0. The molecule has 0 bridgehead atoms. The van der Waals surface area contributed by atoms with E-state index in [0.717, 1.165) is 24.5 Å². The van der Waals surface area contributed by atoms with E-state index in [-0.39, 0.29) is 0 Å². The van der Waals surface area contributed by atoms with Crippen LogP contribution < -0.4 is 10.6 Å². The van der Waals surface area contributed by atoms with E-state index in [9.17, 15) is 0 Å². The van der Waals surface area contributed by atoms with Crippen molar-refractivity contribution in [3.63, 3.8) is 0 Å². The Bertz CT molecular complexity index is 556. The minimum absolute atomic E-state index is 0.399. The second-order valence-corrected chi connectivity index (χ2v) is 5.68. The molecule has 2 nitrogen and oxygen atoms in total. The predicted octanol–water partition coefficient (Wildman–Crippen LogP) is 3.53. The van der Waals surface area contributed by atoms with Crippen LogP contribution in [-0.4, -0.2) is 12.6 Å². The topological polar surface area (TPSA) is 24.1 Å². The molecule has 0 saturated carbocycles. The second-order valence-electron chi connectivity index (χ2n) is 5.25. The fourth-order valence-corrected chi connectivity index (χ4v) is 3.04. The third kappa shape index (κ3) is 3.21. The molecular formula is C17H19ClN2. The molecule has 3 heteroatoms. The highest BCUT2D eigenvalue weighted by molar-refractivity contribution is 6.30. The van der Waals surface area contributed by atoms with E-state index < -0.39 is 0 Å². The Kier molecular flexibility index (Phi) is 4.36. The van der Waals surface area contributed by atoms with Gasteiger partial charge in [0.2, 0.25) is 0 Å². The van der Waals surface area contributed by atoms with Gasteiger partial charge in [-0.05, 0) is 36.2 Å². The molecule has 0 unspecified atom stereocenters. The van der Waals surface area contributed by atoms with Crippen LogP contribution in [0.25, 0.3) is 0 Å². The first-order chi connectivity index (χ1) is 9.83. The standard InChI is InChI=1S/C17H19ClN2/c18-15-8-4-5-13(11-15)12-20-16-9-10-19-17(16)14-6-2-1-3-7-14/h1-8,11,16-17,19-20H,9-10,12H2/t16-,17-/m1/s1. The Morgan fingerprint density at radius 1 is 1.10 bits per heavy atom. The number of benzene rings is 2. The minimum Gasteiger partial charge on any atom is -0.309 e. The first-order valence-electron chi connectivity index (χ1n) is 7.09. The van der Waals surface area contributed by atoms with Crippen LogP contribution in [0.15, 0.2) is 54.6 Å². The summed E-state index contributed by atoms with van der Waals surface area (Å²) in [6.45, 7) is 1.92. The third-order valence-corrected chi connectivity index (χ3v) is 4.07. The first-order valence-corrected chi connectivity index (χ1v) is 7.47. The molecule has 1 fully saturated rings. The lowest BCUT2D eigenvalue weighted by atomic mass is 10.0. The molecule has 2 N–H and O–H groups in total. The maximum absolute atomic E-state index is 6.02. The van der Waals surface area contributed by atoms with Crippen LogP contribution in [0, 0.1) is 0 Å². The van der Waals surface area contributed by atoms with Crippen LogP contribution in [0.5, 0.6) is 0 Å². The Balaban J connectivity index is 1.65. The van der Waals surface area contributed by atoms with E-state index >= 15 is 0 Å². The lowest BCUT2D eigenvalue weighted by Gasteiger charge is -2.21. The average molecular weight is 287 g/mol. The van der Waals surface area contributed by atoms with Gasteiger partial charge in [0.1, 0.15) is 0 Å². The summed E-state index contributed by atoms with van der Waals surface area (Å²) in [4.78, 5) is 0. The molecule has 0 radical (unpaired) electrons. The largest absolute Gasteiger partial charge is 0.309 e. The van der Waals surface area contributed by atoms with E-state index in [1.54, 1.807) is 0 Å². The van der Waals surface area contributed by atoms with Crippen molar-refractivity contribution in [1.82, 2.24) is 10.6 Å². The molecule has 1 aliphatic rings. The summed E-state index contributed by atoms with van der Waals surface area (Å²) in [6.07, 6.45) is 1.15. The fraction of sp³-hybridized carbons (Fsp3) is 0.294. The lowest BCUT2D eigenvalue weighted by molar-refractivity contribution is 0.461. The molecule has 0 aromatic heterocycles. The molecule has 20 heavy (non-hydrogen) atoms. The summed E-state index contributed by atoms with van der Waals surface area (Å²) in [5.74, 6) is 0. The molecule has 2 aromatic rings. The molecule has 2 aromatic carbocycles. The number of hydrogen-bond donors (Lipinski definition) is 2. The summed E-state index contributed by atoms with van der Waals surface area (Å²) in [7, 11) is 0. The van der Waals surface area contributed by atoms with Crippen LogP contribution in [0.2, 0.25) is 5.02 Å². The normalized spacial score (nSPS) is 22.1. The highest BCUT2D eigenvalue weighted by Crippen LogP contribution is 2.24. The zero-order valence-electron chi connectivity index (χ0n) is 11.4. The Labute approximate surface area is 125 Å². The summed E-state index contributed by atoms with van der Waals surface area (Å²) in [5.41, 5.74) is 2.59. The van der Waals surface area contributed by atoms with E-state index in [1.165, 1.54) is 11.1 Å². The van der Waals surface area contributed by atoms with Gasteiger partial charge in [-0.15, -0.1) is 0 Å². The minimum atomic E-state index is 0.399. The van der Waals surface area contributed by atoms with Gasteiger partial charge in [0.05, 0.1) is 0 Å². The zero-order valence-corrected chi connectivity index (χ0v) is 12.1. The second kappa shape index (κ2) is 6.40. The van der Waals surface area contributed by atoms with Gasteiger partial charge < -0.3 is 10.6 Å². The van der Waals surface area contributed by atoms with Gasteiger partial charge in [-0.2, -0.15) is 0 Å². The summed E-state index contributed by atoms with van der Waals surface area (Å²) in [5, 5.41) is 8.03. The molecule has 1 saturated heterocycles. The molecule has 3 rings (SSSR count). The molecule has 1 aliphatic heterocycles. The van der Waals surface area contributed by atoms with Gasteiger partial charge in [0, 0.05) is 23.7 Å². The van der Waals surface area contributed by atoms with E-state index in [1.807, 2.05) is 18.2 Å². The zero-order chi connectivity index (χ0) is 13.8. The molecule has 104 valence electrons. The Morgan fingerprint density at radius 3 is 2.75 bits per heavy atom. The van der Waals surface area contributed by atoms with Gasteiger partial charge in [-0.3, -0.25) is 0 Å². The van der Waals surface area contributed by atoms with E-state index in [4.69, 9.17) is 11.6 Å². The summed E-state index contributed by atoms with van der Waals surface area (Å²) >= 11 is 6.02. The van der Waals surface area contributed by atoms with Crippen LogP contribution >= 0.6 is 11.6 Å². The molecule has 0 aliphatic carbocycles. The first kappa shape index (κ1) is 13.6. The third-order valence-electron chi connectivity index (χ3n) is 3.84. The van der Waals surface area contributed by atoms with Gasteiger partial charge in [0.25, 0.3) is 0 Å². The predicted molar refractivity (Wildman–Crippen MR) is 83.9 cm³/mol. The Morgan fingerprint density at radius 2 is 1.95 bits per heavy atom.